The Kier molecular flexibility index (Phi) is 4.37. The molecule has 0 spiro atoms. The van der Waals surface area contributed by atoms with Crippen molar-refractivity contribution in [3.63, 3.8) is 0 Å². The number of imidazole rings is 1. The van der Waals surface area contributed by atoms with Gasteiger partial charge in [0.2, 0.25) is 0 Å². The fourth-order valence-electron chi connectivity index (χ4n) is 3.59. The van der Waals surface area contributed by atoms with Gasteiger partial charge in [-0.05, 0) is 41.8 Å². The molecule has 0 atom stereocenters. The fourth-order valence-corrected chi connectivity index (χ4v) is 3.59. The van der Waals surface area contributed by atoms with Crippen LogP contribution in [0.15, 0.2) is 85.3 Å². The molecule has 146 valence electrons. The number of rotatable bonds is 4. The number of methoxy groups -OCH3 is 1. The predicted octanol–water partition coefficient (Wildman–Crippen LogP) is 4.83. The zero-order valence-electron chi connectivity index (χ0n) is 16.2. The van der Waals surface area contributed by atoms with Gasteiger partial charge >= 0.3 is 0 Å². The second kappa shape index (κ2) is 7.33. The number of hydrogen-bond acceptors (Lipinski definition) is 4. The average molecular weight is 394 g/mol. The van der Waals surface area contributed by atoms with Crippen molar-refractivity contribution in [3.05, 3.63) is 90.9 Å². The third-order valence-corrected chi connectivity index (χ3v) is 5.05. The second-order valence-electron chi connectivity index (χ2n) is 6.82. The number of amides is 1. The summed E-state index contributed by atoms with van der Waals surface area (Å²) in [6.07, 6.45) is 3.39. The summed E-state index contributed by atoms with van der Waals surface area (Å²) in [5.41, 5.74) is 3.08. The number of pyridine rings is 1. The first-order chi connectivity index (χ1) is 14.7. The topological polar surface area (TPSA) is 69.0 Å². The minimum absolute atomic E-state index is 0.198. The Morgan fingerprint density at radius 3 is 2.50 bits per heavy atom. The molecule has 0 saturated heterocycles. The highest BCUT2D eigenvalue weighted by molar-refractivity contribution is 6.13. The van der Waals surface area contributed by atoms with Gasteiger partial charge in [-0.25, -0.2) is 9.97 Å². The van der Waals surface area contributed by atoms with E-state index in [1.54, 1.807) is 25.7 Å². The molecule has 1 amide bonds. The summed E-state index contributed by atoms with van der Waals surface area (Å²) in [6.45, 7) is 0. The van der Waals surface area contributed by atoms with Crippen LogP contribution in [-0.4, -0.2) is 27.6 Å². The van der Waals surface area contributed by atoms with Gasteiger partial charge in [-0.2, -0.15) is 0 Å². The number of para-hydroxylation sites is 2. The maximum Gasteiger partial charge on any atom is 0.256 e. The van der Waals surface area contributed by atoms with Crippen LogP contribution < -0.4 is 10.1 Å². The largest absolute Gasteiger partial charge is 0.496 e. The molecule has 0 unspecified atom stereocenters. The molecule has 30 heavy (non-hydrogen) atoms. The summed E-state index contributed by atoms with van der Waals surface area (Å²) in [5.74, 6) is 1.27. The minimum Gasteiger partial charge on any atom is -0.496 e. The number of ether oxygens (including phenoxy) is 1. The van der Waals surface area contributed by atoms with Gasteiger partial charge in [0.05, 0.1) is 30.0 Å². The molecule has 0 aliphatic rings. The number of fused-ring (bicyclic) bond motifs is 2. The van der Waals surface area contributed by atoms with Crippen molar-refractivity contribution >= 4 is 33.4 Å². The Labute approximate surface area is 172 Å². The number of carbonyl (C=O) groups is 1. The highest BCUT2D eigenvalue weighted by Crippen LogP contribution is 2.29. The number of hydrogen-bond donors (Lipinski definition) is 1. The SMILES string of the molecule is COc1ccc(C(=O)Nc2ccc(-n3cnc4ccccc43)nc2)c2ccccc12. The molecule has 0 fully saturated rings. The molecule has 0 bridgehead atoms. The standard InChI is InChI=1S/C24H18N4O2/c1-30-22-12-11-19(17-6-2-3-7-18(17)22)24(29)27-16-10-13-23(25-14-16)28-15-26-20-8-4-5-9-21(20)28/h2-15H,1H3,(H,27,29). The van der Waals surface area contributed by atoms with Crippen molar-refractivity contribution in [2.24, 2.45) is 0 Å². The lowest BCUT2D eigenvalue weighted by Crippen LogP contribution is -2.13. The molecule has 6 heteroatoms. The molecule has 0 radical (unpaired) electrons. The van der Waals surface area contributed by atoms with Gasteiger partial charge in [0, 0.05) is 10.9 Å². The summed E-state index contributed by atoms with van der Waals surface area (Å²) < 4.78 is 7.33. The van der Waals surface area contributed by atoms with Crippen LogP contribution in [0.3, 0.4) is 0 Å². The van der Waals surface area contributed by atoms with Gasteiger partial charge in [-0.15, -0.1) is 0 Å². The molecule has 0 saturated carbocycles. The normalized spacial score (nSPS) is 11.0. The maximum absolute atomic E-state index is 12.9. The molecule has 2 aromatic heterocycles. The van der Waals surface area contributed by atoms with Crippen molar-refractivity contribution in [1.29, 1.82) is 0 Å². The van der Waals surface area contributed by atoms with E-state index in [0.29, 0.717) is 11.3 Å². The predicted molar refractivity (Wildman–Crippen MR) is 117 cm³/mol. The van der Waals surface area contributed by atoms with Crippen LogP contribution in [0.2, 0.25) is 0 Å². The first kappa shape index (κ1) is 17.9. The molecule has 1 N–H and O–H groups in total. The lowest BCUT2D eigenvalue weighted by molar-refractivity contribution is 0.102. The van der Waals surface area contributed by atoms with Crippen molar-refractivity contribution in [1.82, 2.24) is 14.5 Å². The number of nitrogens with one attached hydrogen (secondary N) is 1. The molecule has 2 heterocycles. The van der Waals surface area contributed by atoms with E-state index in [1.807, 2.05) is 71.3 Å². The van der Waals surface area contributed by atoms with Crippen molar-refractivity contribution in [2.75, 3.05) is 12.4 Å². The number of nitrogens with zero attached hydrogens (tertiary/aromatic N) is 3. The van der Waals surface area contributed by atoms with E-state index in [0.717, 1.165) is 33.4 Å². The van der Waals surface area contributed by atoms with Crippen molar-refractivity contribution in [2.45, 2.75) is 0 Å². The number of anilines is 1. The molecule has 0 aliphatic carbocycles. The van der Waals surface area contributed by atoms with Crippen molar-refractivity contribution in [3.8, 4) is 11.6 Å². The Hall–Kier alpha value is -4.19. The summed E-state index contributed by atoms with van der Waals surface area (Å²) in [7, 11) is 1.62. The van der Waals surface area contributed by atoms with E-state index in [1.165, 1.54) is 0 Å². The molecule has 5 rings (SSSR count). The Morgan fingerprint density at radius 2 is 1.70 bits per heavy atom. The fraction of sp³-hybridized carbons (Fsp3) is 0.0417. The van der Waals surface area contributed by atoms with Gasteiger partial charge in [-0.1, -0.05) is 36.4 Å². The van der Waals surface area contributed by atoms with Crippen LogP contribution >= 0.6 is 0 Å². The number of carbonyl (C=O) groups excluding carboxylic acids is 1. The van der Waals surface area contributed by atoms with E-state index >= 15 is 0 Å². The quantitative estimate of drug-likeness (QED) is 0.474. The first-order valence-electron chi connectivity index (χ1n) is 9.50. The Morgan fingerprint density at radius 1 is 0.900 bits per heavy atom. The van der Waals surface area contributed by atoms with Crippen LogP contribution in [0.4, 0.5) is 5.69 Å². The zero-order valence-corrected chi connectivity index (χ0v) is 16.2. The molecule has 3 aromatic carbocycles. The first-order valence-corrected chi connectivity index (χ1v) is 9.50. The van der Waals surface area contributed by atoms with Crippen LogP contribution in [-0.2, 0) is 0 Å². The van der Waals surface area contributed by atoms with Gasteiger partial charge < -0.3 is 10.1 Å². The van der Waals surface area contributed by atoms with Crippen LogP contribution in [0.1, 0.15) is 10.4 Å². The molecular formula is C24H18N4O2. The Balaban J connectivity index is 1.43. The molecule has 0 aliphatic heterocycles. The molecule has 5 aromatic rings. The van der Waals surface area contributed by atoms with Gasteiger partial charge in [0.1, 0.15) is 17.9 Å². The molecular weight excluding hydrogens is 376 g/mol. The molecule has 6 nitrogen and oxygen atoms in total. The third-order valence-electron chi connectivity index (χ3n) is 5.05. The average Bonchev–Trinajstić information content (AvgIpc) is 3.23. The van der Waals surface area contributed by atoms with Crippen LogP contribution in [0.5, 0.6) is 5.75 Å². The van der Waals surface area contributed by atoms with Gasteiger partial charge in [-0.3, -0.25) is 9.36 Å². The number of aromatic nitrogens is 3. The van der Waals surface area contributed by atoms with E-state index < -0.39 is 0 Å². The van der Waals surface area contributed by atoms with E-state index in [9.17, 15) is 4.79 Å². The lowest BCUT2D eigenvalue weighted by Gasteiger charge is -2.11. The zero-order chi connectivity index (χ0) is 20.5. The lowest BCUT2D eigenvalue weighted by atomic mass is 10.0. The van der Waals surface area contributed by atoms with E-state index in [2.05, 4.69) is 15.3 Å². The third kappa shape index (κ3) is 3.04. The van der Waals surface area contributed by atoms with Crippen LogP contribution in [0, 0.1) is 0 Å². The second-order valence-corrected chi connectivity index (χ2v) is 6.82. The minimum atomic E-state index is -0.198. The summed E-state index contributed by atoms with van der Waals surface area (Å²) in [5, 5.41) is 4.66. The Bertz CT molecular complexity index is 1370. The van der Waals surface area contributed by atoms with E-state index in [-0.39, 0.29) is 5.91 Å². The summed E-state index contributed by atoms with van der Waals surface area (Å²) in [6, 6.07) is 22.8. The summed E-state index contributed by atoms with van der Waals surface area (Å²) in [4.78, 5) is 21.8. The monoisotopic (exact) mass is 394 g/mol. The smallest absolute Gasteiger partial charge is 0.256 e. The highest BCUT2D eigenvalue weighted by atomic mass is 16.5. The maximum atomic E-state index is 12.9. The van der Waals surface area contributed by atoms with Gasteiger partial charge in [0.25, 0.3) is 5.91 Å². The van der Waals surface area contributed by atoms with E-state index in [4.69, 9.17) is 4.74 Å². The number of benzene rings is 3. The highest BCUT2D eigenvalue weighted by Gasteiger charge is 2.13. The van der Waals surface area contributed by atoms with Gasteiger partial charge in [0.15, 0.2) is 0 Å². The van der Waals surface area contributed by atoms with Crippen molar-refractivity contribution < 1.29 is 9.53 Å². The summed E-state index contributed by atoms with van der Waals surface area (Å²) >= 11 is 0. The van der Waals surface area contributed by atoms with Crippen LogP contribution in [0.25, 0.3) is 27.6 Å².